The van der Waals surface area contributed by atoms with Crippen molar-refractivity contribution in [2.75, 3.05) is 13.1 Å². The van der Waals surface area contributed by atoms with Crippen molar-refractivity contribution in [2.45, 2.75) is 18.9 Å². The normalized spacial score (nSPS) is 17.2. The van der Waals surface area contributed by atoms with E-state index in [0.29, 0.717) is 19.5 Å². The van der Waals surface area contributed by atoms with Crippen LogP contribution in [0.15, 0.2) is 36.9 Å². The predicted molar refractivity (Wildman–Crippen MR) is 75.4 cm³/mol. The lowest BCUT2D eigenvalue weighted by atomic mass is 9.90. The zero-order valence-corrected chi connectivity index (χ0v) is 11.2. The van der Waals surface area contributed by atoms with Gasteiger partial charge in [-0.3, -0.25) is 4.79 Å². The van der Waals surface area contributed by atoms with Crippen LogP contribution in [0.25, 0.3) is 0 Å². The van der Waals surface area contributed by atoms with Crippen molar-refractivity contribution in [1.29, 1.82) is 0 Å². The van der Waals surface area contributed by atoms with Gasteiger partial charge in [0, 0.05) is 19.6 Å². The van der Waals surface area contributed by atoms with Crippen molar-refractivity contribution in [3.05, 3.63) is 48.0 Å². The quantitative estimate of drug-likeness (QED) is 0.651. The van der Waals surface area contributed by atoms with E-state index in [1.165, 1.54) is 0 Å². The molecule has 0 radical (unpaired) electrons. The first-order valence-corrected chi connectivity index (χ1v) is 6.57. The molecule has 0 fully saturated rings. The number of benzene rings is 1. The Morgan fingerprint density at radius 3 is 2.90 bits per heavy atom. The molecule has 2 N–H and O–H groups in total. The fourth-order valence-corrected chi connectivity index (χ4v) is 2.37. The van der Waals surface area contributed by atoms with E-state index in [2.05, 4.69) is 11.9 Å². The van der Waals surface area contributed by atoms with Gasteiger partial charge in [-0.25, -0.2) is 4.79 Å². The number of amides is 2. The van der Waals surface area contributed by atoms with Gasteiger partial charge in [-0.2, -0.15) is 0 Å². The van der Waals surface area contributed by atoms with Crippen molar-refractivity contribution in [2.24, 2.45) is 0 Å². The summed E-state index contributed by atoms with van der Waals surface area (Å²) in [5.41, 5.74) is 1.69. The summed E-state index contributed by atoms with van der Waals surface area (Å²) in [6, 6.07) is 7.15. The molecular formula is C15H18N2O3. The molecule has 0 saturated heterocycles. The number of carboxylic acid groups (broad SMARTS) is 1. The number of rotatable bonds is 4. The van der Waals surface area contributed by atoms with Crippen LogP contribution in [0, 0.1) is 0 Å². The summed E-state index contributed by atoms with van der Waals surface area (Å²) in [6.45, 7) is 4.75. The van der Waals surface area contributed by atoms with Crippen LogP contribution in [0.2, 0.25) is 0 Å². The second kappa shape index (κ2) is 6.23. The van der Waals surface area contributed by atoms with Crippen LogP contribution in [0.1, 0.15) is 23.5 Å². The van der Waals surface area contributed by atoms with Gasteiger partial charge in [0.1, 0.15) is 0 Å². The number of urea groups is 1. The Morgan fingerprint density at radius 1 is 1.45 bits per heavy atom. The second-order valence-corrected chi connectivity index (χ2v) is 4.78. The van der Waals surface area contributed by atoms with Crippen LogP contribution in [0.3, 0.4) is 0 Å². The summed E-state index contributed by atoms with van der Waals surface area (Å²) < 4.78 is 0. The highest BCUT2D eigenvalue weighted by Gasteiger charge is 2.32. The van der Waals surface area contributed by atoms with Gasteiger partial charge < -0.3 is 15.3 Å². The van der Waals surface area contributed by atoms with E-state index in [1.54, 1.807) is 11.0 Å². The summed E-state index contributed by atoms with van der Waals surface area (Å²) >= 11 is 0. The molecule has 1 unspecified atom stereocenters. The van der Waals surface area contributed by atoms with Gasteiger partial charge in [-0.15, -0.1) is 6.58 Å². The Bertz CT molecular complexity index is 528. The topological polar surface area (TPSA) is 69.6 Å². The summed E-state index contributed by atoms with van der Waals surface area (Å²) in [4.78, 5) is 25.0. The molecule has 1 aromatic carbocycles. The van der Waals surface area contributed by atoms with E-state index in [4.69, 9.17) is 0 Å². The number of hydrogen-bond donors (Lipinski definition) is 2. The van der Waals surface area contributed by atoms with Crippen LogP contribution >= 0.6 is 0 Å². The molecule has 1 heterocycles. The molecule has 0 bridgehead atoms. The molecule has 0 aromatic heterocycles. The Hall–Kier alpha value is -2.30. The van der Waals surface area contributed by atoms with Crippen LogP contribution in [-0.4, -0.2) is 35.1 Å². The average molecular weight is 274 g/mol. The highest BCUT2D eigenvalue weighted by molar-refractivity contribution is 5.80. The van der Waals surface area contributed by atoms with Gasteiger partial charge in [0.15, 0.2) is 0 Å². The number of carboxylic acids is 1. The molecule has 5 nitrogen and oxygen atoms in total. The highest BCUT2D eigenvalue weighted by Crippen LogP contribution is 2.28. The maximum Gasteiger partial charge on any atom is 0.317 e. The first-order valence-electron chi connectivity index (χ1n) is 6.57. The molecular weight excluding hydrogens is 256 g/mol. The van der Waals surface area contributed by atoms with Crippen LogP contribution < -0.4 is 5.32 Å². The van der Waals surface area contributed by atoms with E-state index >= 15 is 0 Å². The van der Waals surface area contributed by atoms with Gasteiger partial charge in [0.25, 0.3) is 0 Å². The van der Waals surface area contributed by atoms with Crippen molar-refractivity contribution in [1.82, 2.24) is 10.2 Å². The van der Waals surface area contributed by atoms with Gasteiger partial charge in [0.2, 0.25) is 0 Å². The third-order valence-corrected chi connectivity index (χ3v) is 3.40. The van der Waals surface area contributed by atoms with Crippen molar-refractivity contribution in [3.63, 3.8) is 0 Å². The van der Waals surface area contributed by atoms with Gasteiger partial charge in [-0.05, 0) is 17.5 Å². The van der Waals surface area contributed by atoms with E-state index in [1.807, 2.05) is 24.3 Å². The monoisotopic (exact) mass is 274 g/mol. The average Bonchev–Trinajstić information content (AvgIpc) is 2.46. The van der Waals surface area contributed by atoms with Gasteiger partial charge >= 0.3 is 12.0 Å². The minimum atomic E-state index is -0.902. The first kappa shape index (κ1) is 14.1. The lowest BCUT2D eigenvalue weighted by molar-refractivity contribution is -0.139. The Morgan fingerprint density at radius 2 is 2.20 bits per heavy atom. The lowest BCUT2D eigenvalue weighted by Gasteiger charge is -2.32. The number of nitrogens with one attached hydrogen (secondary N) is 1. The number of nitrogens with zero attached hydrogens (tertiary/aromatic N) is 1. The molecule has 2 rings (SSSR count). The zero-order chi connectivity index (χ0) is 14.5. The molecule has 1 aliphatic heterocycles. The van der Waals surface area contributed by atoms with Crippen molar-refractivity contribution in [3.8, 4) is 0 Å². The third kappa shape index (κ3) is 2.99. The maximum absolute atomic E-state index is 12.0. The van der Waals surface area contributed by atoms with Gasteiger partial charge in [0.05, 0.1) is 5.92 Å². The van der Waals surface area contributed by atoms with Crippen LogP contribution in [0.4, 0.5) is 4.79 Å². The molecule has 5 heteroatoms. The molecule has 1 atom stereocenters. The number of carbonyl (C=O) groups is 2. The fraction of sp³-hybridized carbons (Fsp3) is 0.333. The van der Waals surface area contributed by atoms with E-state index in [-0.39, 0.29) is 12.6 Å². The fourth-order valence-electron chi connectivity index (χ4n) is 2.37. The van der Waals surface area contributed by atoms with E-state index in [0.717, 1.165) is 11.1 Å². The predicted octanol–water partition coefficient (Wildman–Crippen LogP) is 1.96. The molecule has 1 aliphatic rings. The summed E-state index contributed by atoms with van der Waals surface area (Å²) in [6.07, 6.45) is 2.42. The van der Waals surface area contributed by atoms with Crippen molar-refractivity contribution >= 4 is 12.0 Å². The minimum absolute atomic E-state index is 0.201. The molecule has 20 heavy (non-hydrogen) atoms. The number of fused-ring (bicyclic) bond motifs is 1. The largest absolute Gasteiger partial charge is 0.481 e. The molecule has 0 aliphatic carbocycles. The molecule has 1 aromatic rings. The second-order valence-electron chi connectivity index (χ2n) is 4.78. The van der Waals surface area contributed by atoms with Gasteiger partial charge in [-0.1, -0.05) is 30.3 Å². The number of hydrogen-bond acceptors (Lipinski definition) is 2. The van der Waals surface area contributed by atoms with Crippen molar-refractivity contribution < 1.29 is 14.7 Å². The molecule has 106 valence electrons. The van der Waals surface area contributed by atoms with Crippen LogP contribution in [-0.2, 0) is 11.3 Å². The highest BCUT2D eigenvalue weighted by atomic mass is 16.4. The SMILES string of the molecule is C=CCCNC(=O)N1Cc2ccccc2C(C(=O)O)C1. The van der Waals surface area contributed by atoms with E-state index in [9.17, 15) is 14.7 Å². The Balaban J connectivity index is 2.13. The first-order chi connectivity index (χ1) is 9.63. The number of carbonyl (C=O) groups excluding carboxylic acids is 1. The van der Waals surface area contributed by atoms with E-state index < -0.39 is 11.9 Å². The summed E-state index contributed by atoms with van der Waals surface area (Å²) in [5.74, 6) is -1.56. The molecule has 0 spiro atoms. The minimum Gasteiger partial charge on any atom is -0.481 e. The Kier molecular flexibility index (Phi) is 4.40. The molecule has 0 saturated carbocycles. The van der Waals surface area contributed by atoms with Crippen LogP contribution in [0.5, 0.6) is 0 Å². The molecule has 2 amide bonds. The number of aliphatic carboxylic acids is 1. The summed E-state index contributed by atoms with van der Waals surface area (Å²) in [5, 5.41) is 12.1. The standard InChI is InChI=1S/C15H18N2O3/c1-2-3-8-16-15(20)17-9-11-6-4-5-7-12(11)13(10-17)14(18)19/h2,4-7,13H,1,3,8-10H2,(H,16,20)(H,18,19). The smallest absolute Gasteiger partial charge is 0.317 e. The zero-order valence-electron chi connectivity index (χ0n) is 11.2. The Labute approximate surface area is 117 Å². The third-order valence-electron chi connectivity index (χ3n) is 3.40. The lowest BCUT2D eigenvalue weighted by Crippen LogP contribution is -2.45. The summed E-state index contributed by atoms with van der Waals surface area (Å²) in [7, 11) is 0. The maximum atomic E-state index is 12.0.